The van der Waals surface area contributed by atoms with Crippen LogP contribution in [0.25, 0.3) is 28.1 Å². The Labute approximate surface area is 165 Å². The van der Waals surface area contributed by atoms with Crippen molar-refractivity contribution in [2.75, 3.05) is 0 Å². The van der Waals surface area contributed by atoms with Gasteiger partial charge >= 0.3 is 0 Å². The van der Waals surface area contributed by atoms with Crippen LogP contribution in [0, 0.1) is 3.95 Å². The van der Waals surface area contributed by atoms with Gasteiger partial charge in [0.1, 0.15) is 0 Å². The van der Waals surface area contributed by atoms with Crippen LogP contribution in [0.1, 0.15) is 10.4 Å². The fourth-order valence-corrected chi connectivity index (χ4v) is 4.67. The fourth-order valence-electron chi connectivity index (χ4n) is 3.39. The Hall–Kier alpha value is -3.02. The molecule has 1 N–H and O–H groups in total. The van der Waals surface area contributed by atoms with Gasteiger partial charge in [0.25, 0.3) is 0 Å². The quantitative estimate of drug-likeness (QED) is 0.406. The van der Waals surface area contributed by atoms with E-state index in [0.717, 1.165) is 38.2 Å². The van der Waals surface area contributed by atoms with E-state index >= 15 is 0 Å². The van der Waals surface area contributed by atoms with Gasteiger partial charge in [0.15, 0.2) is 3.95 Å². The summed E-state index contributed by atoms with van der Waals surface area (Å²) in [5.74, 6) is 0.159. The summed E-state index contributed by atoms with van der Waals surface area (Å²) < 4.78 is 2.35. The Morgan fingerprint density at radius 1 is 0.963 bits per heavy atom. The maximum atomic E-state index is 10.9. The molecule has 5 rings (SSSR count). The van der Waals surface area contributed by atoms with Gasteiger partial charge in [0.05, 0.1) is 16.3 Å². The van der Waals surface area contributed by atoms with Crippen molar-refractivity contribution in [1.29, 1.82) is 0 Å². The van der Waals surface area contributed by atoms with Crippen molar-refractivity contribution in [3.63, 3.8) is 0 Å². The highest BCUT2D eigenvalue weighted by Crippen LogP contribution is 2.37. The molecule has 1 aliphatic rings. The second kappa shape index (κ2) is 6.30. The van der Waals surface area contributed by atoms with Crippen LogP contribution < -0.4 is 0 Å². The summed E-state index contributed by atoms with van der Waals surface area (Å²) in [6, 6.07) is 22.1. The van der Waals surface area contributed by atoms with Gasteiger partial charge in [-0.3, -0.25) is 9.56 Å². The number of benzene rings is 3. The molecule has 0 fully saturated rings. The highest BCUT2D eigenvalue weighted by Gasteiger charge is 2.17. The normalized spacial score (nSPS) is 14.1. The molecule has 2 heterocycles. The zero-order valence-electron chi connectivity index (χ0n) is 14.2. The minimum Gasteiger partial charge on any atom is -0.493 e. The molecule has 5 heteroatoms. The lowest BCUT2D eigenvalue weighted by molar-refractivity contribution is 0.441. The minimum atomic E-state index is 0.159. The second-order valence-corrected chi connectivity index (χ2v) is 7.94. The van der Waals surface area contributed by atoms with E-state index in [4.69, 9.17) is 12.2 Å². The van der Waals surface area contributed by atoms with Crippen molar-refractivity contribution in [3.8, 4) is 11.6 Å². The molecule has 0 saturated heterocycles. The van der Waals surface area contributed by atoms with E-state index in [1.165, 1.54) is 11.3 Å². The first-order valence-electron chi connectivity index (χ1n) is 8.50. The van der Waals surface area contributed by atoms with Gasteiger partial charge in [-0.05, 0) is 35.8 Å². The Balaban J connectivity index is 1.68. The van der Waals surface area contributed by atoms with Crippen molar-refractivity contribution in [1.82, 2.24) is 4.57 Å². The van der Waals surface area contributed by atoms with Gasteiger partial charge in [0.2, 0.25) is 5.88 Å². The van der Waals surface area contributed by atoms with Crippen molar-refractivity contribution < 1.29 is 5.11 Å². The molecule has 1 aliphatic heterocycles. The number of allylic oxidation sites excluding steroid dienone is 1. The molecule has 27 heavy (non-hydrogen) atoms. The molecule has 0 radical (unpaired) electrons. The number of nitrogens with zero attached hydrogens (tertiary/aromatic N) is 2. The molecule has 0 aliphatic carbocycles. The van der Waals surface area contributed by atoms with Crippen LogP contribution in [0.5, 0.6) is 5.88 Å². The third-order valence-corrected chi connectivity index (χ3v) is 5.97. The van der Waals surface area contributed by atoms with Crippen molar-refractivity contribution in [2.24, 2.45) is 4.99 Å². The maximum Gasteiger partial charge on any atom is 0.215 e. The number of fused-ring (bicyclic) bond motifs is 2. The van der Waals surface area contributed by atoms with E-state index in [-0.39, 0.29) is 5.88 Å². The summed E-state index contributed by atoms with van der Waals surface area (Å²) in [5, 5.41) is 13.1. The Bertz CT molecular complexity index is 1310. The van der Waals surface area contributed by atoms with Crippen molar-refractivity contribution >= 4 is 57.9 Å². The van der Waals surface area contributed by atoms with Gasteiger partial charge in [-0.2, -0.15) is 0 Å². The second-order valence-electron chi connectivity index (χ2n) is 6.26. The molecular weight excluding hydrogens is 372 g/mol. The van der Waals surface area contributed by atoms with Crippen LogP contribution in [0.2, 0.25) is 0 Å². The lowest BCUT2D eigenvalue weighted by atomic mass is 10.1. The molecule has 1 aromatic heterocycles. The van der Waals surface area contributed by atoms with E-state index in [1.54, 1.807) is 4.57 Å². The SMILES string of the molecule is Oc1c(C=C2C=Nc3ccccc32)sc(=S)n1-c1cccc2ccccc12. The molecule has 0 saturated carbocycles. The predicted molar refractivity (Wildman–Crippen MR) is 116 cm³/mol. The first-order valence-corrected chi connectivity index (χ1v) is 9.73. The van der Waals surface area contributed by atoms with Crippen LogP contribution in [0.15, 0.2) is 71.7 Å². The lowest BCUT2D eigenvalue weighted by Gasteiger charge is -2.09. The van der Waals surface area contributed by atoms with E-state index in [9.17, 15) is 5.11 Å². The number of thiazole rings is 1. The Morgan fingerprint density at radius 3 is 2.67 bits per heavy atom. The summed E-state index contributed by atoms with van der Waals surface area (Å²) >= 11 is 6.98. The average molecular weight is 387 g/mol. The highest BCUT2D eigenvalue weighted by molar-refractivity contribution is 7.73. The van der Waals surface area contributed by atoms with Crippen LogP contribution in [0.3, 0.4) is 0 Å². The third kappa shape index (κ3) is 2.63. The average Bonchev–Trinajstić information content (AvgIpc) is 3.22. The molecule has 0 atom stereocenters. The van der Waals surface area contributed by atoms with Crippen LogP contribution in [-0.4, -0.2) is 15.9 Å². The molecule has 4 aromatic rings. The monoisotopic (exact) mass is 386 g/mol. The fraction of sp³-hybridized carbons (Fsp3) is 0. The zero-order chi connectivity index (χ0) is 18.4. The molecule has 3 nitrogen and oxygen atoms in total. The number of aromatic hydroxyl groups is 1. The van der Waals surface area contributed by atoms with E-state index < -0.39 is 0 Å². The van der Waals surface area contributed by atoms with Crippen LogP contribution >= 0.6 is 23.6 Å². The van der Waals surface area contributed by atoms with Gasteiger partial charge in [0, 0.05) is 22.7 Å². The lowest BCUT2D eigenvalue weighted by Crippen LogP contribution is -1.94. The molecule has 3 aromatic carbocycles. The minimum absolute atomic E-state index is 0.159. The summed E-state index contributed by atoms with van der Waals surface area (Å²) in [4.78, 5) is 5.16. The standard InChI is InChI=1S/C22H14N2OS2/c25-21-20(12-15-13-23-18-10-4-3-8-16(15)18)27-22(26)24(21)19-11-5-7-14-6-1-2-9-17(14)19/h1-13,25H. The number of para-hydroxylation sites is 1. The predicted octanol–water partition coefficient (Wildman–Crippen LogP) is 6.38. The zero-order valence-corrected chi connectivity index (χ0v) is 15.8. The maximum absolute atomic E-state index is 10.9. The summed E-state index contributed by atoms with van der Waals surface area (Å²) in [7, 11) is 0. The largest absolute Gasteiger partial charge is 0.493 e. The third-order valence-electron chi connectivity index (χ3n) is 4.66. The highest BCUT2D eigenvalue weighted by atomic mass is 32.1. The van der Waals surface area contributed by atoms with Crippen molar-refractivity contribution in [2.45, 2.75) is 0 Å². The number of hydrogen-bond acceptors (Lipinski definition) is 4. The Kier molecular flexibility index (Phi) is 3.77. The first-order chi connectivity index (χ1) is 13.2. The molecule has 0 amide bonds. The van der Waals surface area contributed by atoms with E-state index in [0.29, 0.717) is 3.95 Å². The Morgan fingerprint density at radius 2 is 1.74 bits per heavy atom. The van der Waals surface area contributed by atoms with Gasteiger partial charge in [-0.15, -0.1) is 11.3 Å². The smallest absolute Gasteiger partial charge is 0.215 e. The molecule has 0 spiro atoms. The summed E-state index contributed by atoms with van der Waals surface area (Å²) in [5.41, 5.74) is 3.87. The van der Waals surface area contributed by atoms with E-state index in [2.05, 4.69) is 17.1 Å². The summed E-state index contributed by atoms with van der Waals surface area (Å²) in [6.07, 6.45) is 3.78. The molecule has 0 unspecified atom stereocenters. The molecular formula is C22H14N2OS2. The number of aromatic nitrogens is 1. The van der Waals surface area contributed by atoms with Crippen LogP contribution in [0.4, 0.5) is 5.69 Å². The van der Waals surface area contributed by atoms with Crippen molar-refractivity contribution in [3.05, 3.63) is 81.1 Å². The van der Waals surface area contributed by atoms with E-state index in [1.807, 2.05) is 66.9 Å². The summed E-state index contributed by atoms with van der Waals surface area (Å²) in [6.45, 7) is 0. The van der Waals surface area contributed by atoms with Gasteiger partial charge < -0.3 is 5.11 Å². The number of rotatable bonds is 2. The topological polar surface area (TPSA) is 37.5 Å². The first kappa shape index (κ1) is 16.2. The molecule has 130 valence electrons. The number of hydrogen-bond donors (Lipinski definition) is 1. The number of aliphatic imine (C=N–C) groups is 1. The molecule has 0 bridgehead atoms. The van der Waals surface area contributed by atoms with Crippen LogP contribution in [-0.2, 0) is 0 Å². The van der Waals surface area contributed by atoms with Gasteiger partial charge in [-0.25, -0.2) is 0 Å². The van der Waals surface area contributed by atoms with Gasteiger partial charge in [-0.1, -0.05) is 54.6 Å².